The maximum Gasteiger partial charge on any atom is 0.158 e. The van der Waals surface area contributed by atoms with Crippen LogP contribution < -0.4 is 5.73 Å². The molecule has 2 N–H and O–H groups in total. The smallest absolute Gasteiger partial charge is 0.158 e. The van der Waals surface area contributed by atoms with Crippen molar-refractivity contribution in [2.24, 2.45) is 5.73 Å². The molecule has 1 aliphatic heterocycles. The molecule has 1 saturated heterocycles. The zero-order valence-electron chi connectivity index (χ0n) is 11.4. The molecule has 0 bridgehead atoms. The van der Waals surface area contributed by atoms with E-state index in [-0.39, 0.29) is 6.29 Å². The summed E-state index contributed by atoms with van der Waals surface area (Å²) in [5.41, 5.74) is 5.86. The van der Waals surface area contributed by atoms with E-state index in [1.165, 1.54) is 0 Å². The Bertz CT molecular complexity index is 192. The van der Waals surface area contributed by atoms with E-state index in [0.717, 1.165) is 39.1 Å². The van der Waals surface area contributed by atoms with E-state index in [0.29, 0.717) is 12.6 Å². The van der Waals surface area contributed by atoms with Gasteiger partial charge < -0.3 is 20.1 Å². The topological polar surface area (TPSA) is 51.0 Å². The summed E-state index contributed by atoms with van der Waals surface area (Å²) in [5.74, 6) is 0. The standard InChI is InChI=1S/C12H27N3O2/c1-4-14-5-7-15(8-6-14)11(10-13)9-12(16-2)17-3/h11-12H,4-10,13H2,1-3H3. The van der Waals surface area contributed by atoms with Gasteiger partial charge in [-0.1, -0.05) is 6.92 Å². The third-order valence-electron chi connectivity index (χ3n) is 3.63. The van der Waals surface area contributed by atoms with Crippen molar-refractivity contribution < 1.29 is 9.47 Å². The van der Waals surface area contributed by atoms with Crippen LogP contribution in [0.3, 0.4) is 0 Å². The molecule has 1 rings (SSSR count). The molecule has 1 aliphatic rings. The number of hydrogen-bond donors (Lipinski definition) is 1. The van der Waals surface area contributed by atoms with Crippen LogP contribution in [0.4, 0.5) is 0 Å². The summed E-state index contributed by atoms with van der Waals surface area (Å²) < 4.78 is 10.5. The molecule has 1 unspecified atom stereocenters. The zero-order chi connectivity index (χ0) is 12.7. The third-order valence-corrected chi connectivity index (χ3v) is 3.63. The zero-order valence-corrected chi connectivity index (χ0v) is 11.4. The van der Waals surface area contributed by atoms with Gasteiger partial charge in [-0.3, -0.25) is 4.90 Å². The van der Waals surface area contributed by atoms with Crippen molar-refractivity contribution >= 4 is 0 Å². The van der Waals surface area contributed by atoms with Crippen LogP contribution in [0.1, 0.15) is 13.3 Å². The molecule has 1 heterocycles. The quantitative estimate of drug-likeness (QED) is 0.638. The molecule has 5 heteroatoms. The fourth-order valence-electron chi connectivity index (χ4n) is 2.35. The van der Waals surface area contributed by atoms with Gasteiger partial charge in [0, 0.05) is 59.4 Å². The van der Waals surface area contributed by atoms with Crippen LogP contribution in [0.5, 0.6) is 0 Å². The van der Waals surface area contributed by atoms with Gasteiger partial charge in [0.25, 0.3) is 0 Å². The summed E-state index contributed by atoms with van der Waals surface area (Å²) >= 11 is 0. The highest BCUT2D eigenvalue weighted by molar-refractivity contribution is 4.79. The maximum atomic E-state index is 5.86. The Morgan fingerprint density at radius 2 is 1.71 bits per heavy atom. The van der Waals surface area contributed by atoms with Crippen LogP contribution in [0.2, 0.25) is 0 Å². The molecular weight excluding hydrogens is 218 g/mol. The highest BCUT2D eigenvalue weighted by Gasteiger charge is 2.24. The van der Waals surface area contributed by atoms with E-state index >= 15 is 0 Å². The Hall–Kier alpha value is -0.200. The molecule has 0 spiro atoms. The Morgan fingerprint density at radius 1 is 1.12 bits per heavy atom. The molecular formula is C12H27N3O2. The highest BCUT2D eigenvalue weighted by atomic mass is 16.7. The molecule has 0 amide bonds. The van der Waals surface area contributed by atoms with Crippen LogP contribution in [0.25, 0.3) is 0 Å². The lowest BCUT2D eigenvalue weighted by molar-refractivity contribution is -0.118. The van der Waals surface area contributed by atoms with Gasteiger partial charge in [-0.25, -0.2) is 0 Å². The van der Waals surface area contributed by atoms with Gasteiger partial charge in [-0.05, 0) is 6.54 Å². The van der Waals surface area contributed by atoms with E-state index in [2.05, 4.69) is 16.7 Å². The summed E-state index contributed by atoms with van der Waals surface area (Å²) in [6, 6.07) is 0.360. The molecule has 0 aromatic heterocycles. The summed E-state index contributed by atoms with van der Waals surface area (Å²) in [6.07, 6.45) is 0.697. The lowest BCUT2D eigenvalue weighted by Crippen LogP contribution is -2.53. The van der Waals surface area contributed by atoms with Crippen LogP contribution in [0.15, 0.2) is 0 Å². The van der Waals surface area contributed by atoms with E-state index in [1.807, 2.05) is 0 Å². The molecule has 5 nitrogen and oxygen atoms in total. The number of nitrogens with zero attached hydrogens (tertiary/aromatic N) is 2. The van der Waals surface area contributed by atoms with E-state index in [4.69, 9.17) is 15.2 Å². The SMILES string of the molecule is CCN1CCN(C(CN)CC(OC)OC)CC1. The lowest BCUT2D eigenvalue weighted by Gasteiger charge is -2.39. The average Bonchev–Trinajstić information content (AvgIpc) is 2.40. The van der Waals surface area contributed by atoms with Gasteiger partial charge in [-0.15, -0.1) is 0 Å². The monoisotopic (exact) mass is 245 g/mol. The summed E-state index contributed by atoms with van der Waals surface area (Å²) in [4.78, 5) is 4.92. The predicted molar refractivity (Wildman–Crippen MR) is 69.0 cm³/mol. The van der Waals surface area contributed by atoms with Crippen molar-refractivity contribution in [3.8, 4) is 0 Å². The van der Waals surface area contributed by atoms with Crippen LogP contribution in [0, 0.1) is 0 Å². The molecule has 1 fully saturated rings. The molecule has 0 aliphatic carbocycles. The molecule has 0 radical (unpaired) electrons. The normalized spacial score (nSPS) is 21.0. The molecule has 17 heavy (non-hydrogen) atoms. The first-order valence-electron chi connectivity index (χ1n) is 6.47. The Morgan fingerprint density at radius 3 is 2.12 bits per heavy atom. The molecule has 102 valence electrons. The minimum Gasteiger partial charge on any atom is -0.356 e. The lowest BCUT2D eigenvalue weighted by atomic mass is 10.1. The number of likely N-dealkylation sites (N-methyl/N-ethyl adjacent to an activating group) is 1. The summed E-state index contributed by atoms with van der Waals surface area (Å²) in [5, 5.41) is 0. The first-order valence-corrected chi connectivity index (χ1v) is 6.47. The van der Waals surface area contributed by atoms with E-state index in [1.54, 1.807) is 14.2 Å². The Balaban J connectivity index is 2.40. The number of methoxy groups -OCH3 is 2. The molecule has 1 atom stereocenters. The van der Waals surface area contributed by atoms with Gasteiger partial charge >= 0.3 is 0 Å². The number of nitrogens with two attached hydrogens (primary N) is 1. The Labute approximate surface area is 105 Å². The second kappa shape index (κ2) is 8.00. The largest absolute Gasteiger partial charge is 0.356 e. The number of ether oxygens (including phenoxy) is 2. The van der Waals surface area contributed by atoms with Crippen LogP contribution >= 0.6 is 0 Å². The predicted octanol–water partition coefficient (Wildman–Crippen LogP) is -0.0398. The second-order valence-electron chi connectivity index (χ2n) is 4.50. The van der Waals surface area contributed by atoms with Gasteiger partial charge in [0.2, 0.25) is 0 Å². The average molecular weight is 245 g/mol. The fourth-order valence-corrected chi connectivity index (χ4v) is 2.35. The molecule has 0 saturated carbocycles. The first-order chi connectivity index (χ1) is 8.24. The van der Waals surface area contributed by atoms with Gasteiger partial charge in [-0.2, -0.15) is 0 Å². The van der Waals surface area contributed by atoms with Crippen molar-refractivity contribution in [3.05, 3.63) is 0 Å². The minimum atomic E-state index is -0.146. The summed E-state index contributed by atoms with van der Waals surface area (Å²) in [7, 11) is 3.35. The van der Waals surface area contributed by atoms with Gasteiger partial charge in [0.05, 0.1) is 0 Å². The van der Waals surface area contributed by atoms with E-state index in [9.17, 15) is 0 Å². The maximum absolute atomic E-state index is 5.86. The molecule has 0 aromatic carbocycles. The first kappa shape index (κ1) is 14.9. The van der Waals surface area contributed by atoms with Crippen LogP contribution in [-0.4, -0.2) is 75.6 Å². The van der Waals surface area contributed by atoms with Crippen molar-refractivity contribution in [2.75, 3.05) is 53.5 Å². The van der Waals surface area contributed by atoms with Crippen molar-refractivity contribution in [1.82, 2.24) is 9.80 Å². The van der Waals surface area contributed by atoms with E-state index < -0.39 is 0 Å². The third kappa shape index (κ3) is 4.52. The van der Waals surface area contributed by atoms with Crippen LogP contribution in [-0.2, 0) is 9.47 Å². The second-order valence-corrected chi connectivity index (χ2v) is 4.50. The minimum absolute atomic E-state index is 0.146. The van der Waals surface area contributed by atoms with Gasteiger partial charge in [0.15, 0.2) is 6.29 Å². The molecule has 0 aromatic rings. The highest BCUT2D eigenvalue weighted by Crippen LogP contribution is 2.12. The number of hydrogen-bond acceptors (Lipinski definition) is 5. The fraction of sp³-hybridized carbons (Fsp3) is 1.00. The van der Waals surface area contributed by atoms with Crippen molar-refractivity contribution in [3.63, 3.8) is 0 Å². The number of piperazine rings is 1. The number of rotatable bonds is 7. The van der Waals surface area contributed by atoms with Crippen molar-refractivity contribution in [2.45, 2.75) is 25.7 Å². The Kier molecular flexibility index (Phi) is 6.99. The summed E-state index contributed by atoms with van der Waals surface area (Å²) in [6.45, 7) is 8.47. The van der Waals surface area contributed by atoms with Gasteiger partial charge in [0.1, 0.15) is 0 Å². The van der Waals surface area contributed by atoms with Crippen molar-refractivity contribution in [1.29, 1.82) is 0 Å².